The Morgan fingerprint density at radius 2 is 1.97 bits per heavy atom. The lowest BCUT2D eigenvalue weighted by Crippen LogP contribution is -2.23. The molecule has 3 aromatic rings. The second kappa shape index (κ2) is 8.75. The molecule has 0 saturated carbocycles. The van der Waals surface area contributed by atoms with Crippen molar-refractivity contribution in [2.75, 3.05) is 7.11 Å². The number of benzene rings is 2. The Morgan fingerprint density at radius 3 is 2.68 bits per heavy atom. The van der Waals surface area contributed by atoms with Crippen molar-refractivity contribution >= 4 is 5.71 Å². The molecule has 1 heterocycles. The Labute approximate surface area is 181 Å². The van der Waals surface area contributed by atoms with E-state index in [1.807, 2.05) is 31.2 Å². The third kappa shape index (κ3) is 3.85. The molecule has 0 saturated heterocycles. The van der Waals surface area contributed by atoms with Crippen LogP contribution in [-0.4, -0.2) is 32.6 Å². The summed E-state index contributed by atoms with van der Waals surface area (Å²) in [5.41, 5.74) is 6.81. The molecule has 0 radical (unpaired) electrons. The lowest BCUT2D eigenvalue weighted by atomic mass is 9.99. The number of methoxy groups -OCH3 is 1. The van der Waals surface area contributed by atoms with Crippen molar-refractivity contribution in [3.63, 3.8) is 0 Å². The molecule has 0 atom stereocenters. The van der Waals surface area contributed by atoms with Gasteiger partial charge in [-0.05, 0) is 77.9 Å². The van der Waals surface area contributed by atoms with Crippen LogP contribution in [-0.2, 0) is 37.8 Å². The minimum Gasteiger partial charge on any atom is -0.496 e. The number of hydrogen-bond donors (Lipinski definition) is 0. The maximum atomic E-state index is 12.4. The number of hydrogen-bond acceptors (Lipinski definition) is 6. The van der Waals surface area contributed by atoms with E-state index >= 15 is 0 Å². The number of nitrogens with zero attached hydrogens (tertiary/aromatic N) is 5. The number of ether oxygens (including phenoxy) is 1. The molecule has 4 rings (SSSR count). The van der Waals surface area contributed by atoms with Gasteiger partial charge in [-0.3, -0.25) is 0 Å². The first-order valence-corrected chi connectivity index (χ1v) is 10.5. The van der Waals surface area contributed by atoms with E-state index in [0.29, 0.717) is 5.69 Å². The fraction of sp³-hybridized carbons (Fsp3) is 0.391. The van der Waals surface area contributed by atoms with Crippen molar-refractivity contribution in [1.82, 2.24) is 19.8 Å². The van der Waals surface area contributed by atoms with E-state index in [4.69, 9.17) is 9.57 Å². The Bertz CT molecular complexity index is 1190. The summed E-state index contributed by atoms with van der Waals surface area (Å²) in [7, 11) is 3.29. The largest absolute Gasteiger partial charge is 0.496 e. The van der Waals surface area contributed by atoms with Crippen molar-refractivity contribution in [3.8, 4) is 11.4 Å². The molecule has 0 aliphatic heterocycles. The van der Waals surface area contributed by atoms with Gasteiger partial charge in [0.15, 0.2) is 0 Å². The standard InChI is InChI=1S/C23H27N5O3/c1-5-16-8-6-11-21(28-23(29)27(3)25-26-28)20(16)14-31-24-15(2)17-12-13-22(30-4)19-10-7-9-18(17)19/h6,8,11-13H,5,7,9-10,14H2,1-4H3. The Hall–Kier alpha value is -3.42. The van der Waals surface area contributed by atoms with Crippen molar-refractivity contribution in [3.05, 3.63) is 68.6 Å². The highest BCUT2D eigenvalue weighted by molar-refractivity contribution is 6.00. The third-order valence-electron chi connectivity index (χ3n) is 5.84. The quantitative estimate of drug-likeness (QED) is 0.433. The summed E-state index contributed by atoms with van der Waals surface area (Å²) in [4.78, 5) is 18.2. The highest BCUT2D eigenvalue weighted by Crippen LogP contribution is 2.33. The molecule has 0 bridgehead atoms. The average Bonchev–Trinajstić information content (AvgIpc) is 3.40. The number of tetrazole rings is 1. The second-order valence-corrected chi connectivity index (χ2v) is 7.64. The molecule has 0 fully saturated rings. The zero-order valence-electron chi connectivity index (χ0n) is 18.4. The van der Waals surface area contributed by atoms with E-state index in [0.717, 1.165) is 53.8 Å². The third-order valence-corrected chi connectivity index (χ3v) is 5.84. The van der Waals surface area contributed by atoms with Crippen LogP contribution < -0.4 is 10.4 Å². The molecule has 0 unspecified atom stereocenters. The minimum atomic E-state index is -0.303. The molecule has 1 aromatic heterocycles. The molecular weight excluding hydrogens is 394 g/mol. The molecule has 0 spiro atoms. The van der Waals surface area contributed by atoms with Gasteiger partial charge in [-0.1, -0.05) is 24.2 Å². The van der Waals surface area contributed by atoms with Gasteiger partial charge in [-0.15, -0.1) is 0 Å². The summed E-state index contributed by atoms with van der Waals surface area (Å²) in [5, 5.41) is 12.2. The van der Waals surface area contributed by atoms with Gasteiger partial charge in [0.05, 0.1) is 18.5 Å². The van der Waals surface area contributed by atoms with Gasteiger partial charge in [-0.25, -0.2) is 4.79 Å². The summed E-state index contributed by atoms with van der Waals surface area (Å²) in [6, 6.07) is 9.84. The van der Waals surface area contributed by atoms with Gasteiger partial charge in [-0.2, -0.15) is 9.36 Å². The van der Waals surface area contributed by atoms with Gasteiger partial charge < -0.3 is 9.57 Å². The first kappa shape index (κ1) is 20.8. The van der Waals surface area contributed by atoms with Gasteiger partial charge in [0.1, 0.15) is 12.4 Å². The van der Waals surface area contributed by atoms with Crippen LogP contribution in [0.15, 0.2) is 40.3 Å². The normalized spacial score (nSPS) is 13.4. The van der Waals surface area contributed by atoms with Gasteiger partial charge >= 0.3 is 5.69 Å². The zero-order chi connectivity index (χ0) is 22.0. The molecule has 31 heavy (non-hydrogen) atoms. The van der Waals surface area contributed by atoms with Crippen molar-refractivity contribution in [2.24, 2.45) is 12.2 Å². The predicted molar refractivity (Wildman–Crippen MR) is 118 cm³/mol. The van der Waals surface area contributed by atoms with Crippen LogP contribution in [0, 0.1) is 0 Å². The number of oxime groups is 1. The predicted octanol–water partition coefficient (Wildman–Crippen LogP) is 2.97. The molecule has 1 aliphatic carbocycles. The van der Waals surface area contributed by atoms with Crippen LogP contribution in [0.4, 0.5) is 0 Å². The van der Waals surface area contributed by atoms with Crippen molar-refractivity contribution < 1.29 is 9.57 Å². The van der Waals surface area contributed by atoms with E-state index in [9.17, 15) is 4.79 Å². The molecule has 0 amide bonds. The van der Waals surface area contributed by atoms with Crippen LogP contribution in [0.1, 0.15) is 48.1 Å². The number of rotatable bonds is 7. The van der Waals surface area contributed by atoms with E-state index in [1.54, 1.807) is 14.2 Å². The SMILES string of the molecule is CCc1cccc(-n2nnn(C)c2=O)c1CON=C(C)c1ccc(OC)c2c1CCC2. The summed E-state index contributed by atoms with van der Waals surface area (Å²) in [6.07, 6.45) is 3.97. The Morgan fingerprint density at radius 1 is 1.16 bits per heavy atom. The number of fused-ring (bicyclic) bond motifs is 1. The van der Waals surface area contributed by atoms with E-state index < -0.39 is 0 Å². The zero-order valence-corrected chi connectivity index (χ0v) is 18.4. The minimum absolute atomic E-state index is 0.234. The summed E-state index contributed by atoms with van der Waals surface area (Å²) >= 11 is 0. The second-order valence-electron chi connectivity index (χ2n) is 7.64. The van der Waals surface area contributed by atoms with Crippen molar-refractivity contribution in [2.45, 2.75) is 46.1 Å². The van der Waals surface area contributed by atoms with Crippen LogP contribution in [0.25, 0.3) is 5.69 Å². The van der Waals surface area contributed by atoms with Crippen molar-refractivity contribution in [1.29, 1.82) is 0 Å². The monoisotopic (exact) mass is 421 g/mol. The molecule has 0 N–H and O–H groups in total. The maximum absolute atomic E-state index is 12.4. The smallest absolute Gasteiger partial charge is 0.368 e. The maximum Gasteiger partial charge on any atom is 0.368 e. The molecule has 1 aliphatic rings. The molecule has 2 aromatic carbocycles. The average molecular weight is 422 g/mol. The lowest BCUT2D eigenvalue weighted by Gasteiger charge is -2.14. The van der Waals surface area contributed by atoms with Crippen LogP contribution in [0.5, 0.6) is 5.75 Å². The summed E-state index contributed by atoms with van der Waals surface area (Å²) in [5.74, 6) is 0.945. The number of aryl methyl sites for hydroxylation is 2. The fourth-order valence-corrected chi connectivity index (χ4v) is 4.23. The highest BCUT2D eigenvalue weighted by Gasteiger charge is 2.20. The van der Waals surface area contributed by atoms with E-state index in [1.165, 1.54) is 20.5 Å². The Balaban J connectivity index is 1.62. The van der Waals surface area contributed by atoms with Crippen LogP contribution in [0.3, 0.4) is 0 Å². The molecule has 8 heteroatoms. The molecule has 8 nitrogen and oxygen atoms in total. The van der Waals surface area contributed by atoms with E-state index in [-0.39, 0.29) is 12.3 Å². The number of aromatic nitrogens is 4. The summed E-state index contributed by atoms with van der Waals surface area (Å²) < 4.78 is 8.01. The van der Waals surface area contributed by atoms with Gasteiger partial charge in [0, 0.05) is 18.2 Å². The fourth-order valence-electron chi connectivity index (χ4n) is 4.23. The lowest BCUT2D eigenvalue weighted by molar-refractivity contribution is 0.130. The summed E-state index contributed by atoms with van der Waals surface area (Å²) in [6.45, 7) is 4.26. The first-order valence-electron chi connectivity index (χ1n) is 10.5. The molecular formula is C23H27N5O3. The van der Waals surface area contributed by atoms with Gasteiger partial charge in [0.25, 0.3) is 0 Å². The van der Waals surface area contributed by atoms with Crippen LogP contribution in [0.2, 0.25) is 0 Å². The first-order chi connectivity index (χ1) is 15.0. The van der Waals surface area contributed by atoms with E-state index in [2.05, 4.69) is 28.6 Å². The van der Waals surface area contributed by atoms with Crippen LogP contribution >= 0.6 is 0 Å². The molecule has 162 valence electrons. The Kier molecular flexibility index (Phi) is 5.88. The topological polar surface area (TPSA) is 83.5 Å². The highest BCUT2D eigenvalue weighted by atomic mass is 16.6. The van der Waals surface area contributed by atoms with Gasteiger partial charge in [0.2, 0.25) is 0 Å².